The molecule has 0 aliphatic rings. The van der Waals surface area contributed by atoms with Crippen molar-refractivity contribution in [2.75, 3.05) is 45.5 Å². The third-order valence-corrected chi connectivity index (χ3v) is 3.98. The monoisotopic (exact) mass is 316 g/mol. The Morgan fingerprint density at radius 3 is 2.67 bits per heavy atom. The minimum absolute atomic E-state index is 0.144. The zero-order valence-corrected chi connectivity index (χ0v) is 14.2. The molecule has 1 rings (SSSR count). The molecule has 0 N–H and O–H groups in total. The second-order valence-electron chi connectivity index (χ2n) is 4.61. The van der Waals surface area contributed by atoms with Crippen molar-refractivity contribution in [2.45, 2.75) is 26.8 Å². The summed E-state index contributed by atoms with van der Waals surface area (Å²) in [7, 11) is 3.33. The molecule has 0 saturated heterocycles. The van der Waals surface area contributed by atoms with Gasteiger partial charge in [0.25, 0.3) is 0 Å². The number of rotatable bonds is 9. The largest absolute Gasteiger partial charge is 0.461 e. The van der Waals surface area contributed by atoms with Crippen molar-refractivity contribution in [1.82, 2.24) is 4.98 Å². The molecule has 0 aliphatic carbocycles. The van der Waals surface area contributed by atoms with Crippen LogP contribution >= 0.6 is 11.3 Å². The summed E-state index contributed by atoms with van der Waals surface area (Å²) >= 11 is 1.48. The molecule has 120 valence electrons. The summed E-state index contributed by atoms with van der Waals surface area (Å²) in [6, 6.07) is 0.144. The highest BCUT2D eigenvalue weighted by molar-refractivity contribution is 7.15. The summed E-state index contributed by atoms with van der Waals surface area (Å²) in [5, 5.41) is 0.789. The van der Waals surface area contributed by atoms with Gasteiger partial charge in [-0.05, 0) is 20.8 Å². The second-order valence-corrected chi connectivity index (χ2v) is 5.79. The number of hydrogen-bond acceptors (Lipinski definition) is 7. The van der Waals surface area contributed by atoms with Gasteiger partial charge in [-0.2, -0.15) is 0 Å². The number of methoxy groups -OCH3 is 2. The fourth-order valence-corrected chi connectivity index (χ4v) is 2.94. The Balaban J connectivity index is 2.96. The van der Waals surface area contributed by atoms with E-state index in [0.29, 0.717) is 32.1 Å². The quantitative estimate of drug-likeness (QED) is 0.650. The van der Waals surface area contributed by atoms with Gasteiger partial charge < -0.3 is 19.1 Å². The summed E-state index contributed by atoms with van der Waals surface area (Å²) in [5.41, 5.74) is 0.392. The number of nitrogens with zero attached hydrogens (tertiary/aromatic N) is 2. The standard InChI is InChI=1S/C14H24N2O4S/c1-6-20-13(17)12-11(3)21-14(15-12)16(7-8-18-4)10(2)9-19-5/h10H,6-9H2,1-5H3. The maximum atomic E-state index is 11.9. The lowest BCUT2D eigenvalue weighted by molar-refractivity contribution is 0.0519. The molecule has 0 amide bonds. The highest BCUT2D eigenvalue weighted by Crippen LogP contribution is 2.27. The average molecular weight is 316 g/mol. The highest BCUT2D eigenvalue weighted by Gasteiger charge is 2.22. The van der Waals surface area contributed by atoms with Crippen molar-refractivity contribution in [3.8, 4) is 0 Å². The summed E-state index contributed by atoms with van der Waals surface area (Å²) in [4.78, 5) is 19.3. The third kappa shape index (κ3) is 4.94. The Morgan fingerprint density at radius 2 is 2.10 bits per heavy atom. The number of hydrogen-bond donors (Lipinski definition) is 0. The molecule has 6 nitrogen and oxygen atoms in total. The normalized spacial score (nSPS) is 12.2. The predicted octanol–water partition coefficient (Wildman–Crippen LogP) is 2.12. The van der Waals surface area contributed by atoms with Gasteiger partial charge in [0.05, 0.1) is 25.9 Å². The van der Waals surface area contributed by atoms with Crippen LogP contribution in [0.2, 0.25) is 0 Å². The maximum absolute atomic E-state index is 11.9. The van der Waals surface area contributed by atoms with Crippen molar-refractivity contribution in [3.05, 3.63) is 10.6 Å². The van der Waals surface area contributed by atoms with Gasteiger partial charge >= 0.3 is 5.97 Å². The molecule has 0 aromatic carbocycles. The van der Waals surface area contributed by atoms with E-state index in [1.165, 1.54) is 11.3 Å². The molecule has 0 saturated carbocycles. The van der Waals surface area contributed by atoms with Crippen LogP contribution in [-0.2, 0) is 14.2 Å². The first-order chi connectivity index (χ1) is 10.0. The molecule has 1 aromatic heterocycles. The van der Waals surface area contributed by atoms with Gasteiger partial charge in [-0.25, -0.2) is 9.78 Å². The number of ether oxygens (including phenoxy) is 3. The summed E-state index contributed by atoms with van der Waals surface area (Å²) in [5.74, 6) is -0.372. The molecule has 1 heterocycles. The zero-order chi connectivity index (χ0) is 15.8. The third-order valence-electron chi connectivity index (χ3n) is 2.98. The van der Waals surface area contributed by atoms with Crippen LogP contribution in [0.5, 0.6) is 0 Å². The fraction of sp³-hybridized carbons (Fsp3) is 0.714. The van der Waals surface area contributed by atoms with Crippen molar-refractivity contribution >= 4 is 22.4 Å². The Labute approximate surface area is 130 Å². The van der Waals surface area contributed by atoms with Crippen LogP contribution < -0.4 is 4.90 Å². The number of carbonyl (C=O) groups is 1. The molecule has 1 aromatic rings. The van der Waals surface area contributed by atoms with Crippen molar-refractivity contribution in [1.29, 1.82) is 0 Å². The minimum atomic E-state index is -0.372. The van der Waals surface area contributed by atoms with Crippen LogP contribution in [0.4, 0.5) is 5.13 Å². The number of aryl methyl sites for hydroxylation is 1. The Kier molecular flexibility index (Phi) is 7.63. The lowest BCUT2D eigenvalue weighted by Gasteiger charge is -2.28. The number of anilines is 1. The van der Waals surface area contributed by atoms with Crippen LogP contribution in [0.1, 0.15) is 29.2 Å². The lowest BCUT2D eigenvalue weighted by atomic mass is 10.3. The van der Waals surface area contributed by atoms with Gasteiger partial charge in [0.2, 0.25) is 0 Å². The van der Waals surface area contributed by atoms with E-state index in [9.17, 15) is 4.79 Å². The number of carbonyl (C=O) groups excluding carboxylic acids is 1. The van der Waals surface area contributed by atoms with Gasteiger partial charge in [0.15, 0.2) is 10.8 Å². The first-order valence-electron chi connectivity index (χ1n) is 6.94. The maximum Gasteiger partial charge on any atom is 0.358 e. The smallest absolute Gasteiger partial charge is 0.358 e. The van der Waals surface area contributed by atoms with Gasteiger partial charge in [-0.3, -0.25) is 0 Å². The highest BCUT2D eigenvalue weighted by atomic mass is 32.1. The van der Waals surface area contributed by atoms with E-state index in [2.05, 4.69) is 16.8 Å². The summed E-state index contributed by atoms with van der Waals surface area (Å²) in [6.07, 6.45) is 0. The van der Waals surface area contributed by atoms with Gasteiger partial charge in [0, 0.05) is 25.6 Å². The molecule has 1 unspecified atom stereocenters. The van der Waals surface area contributed by atoms with Crippen LogP contribution in [-0.4, -0.2) is 57.6 Å². The van der Waals surface area contributed by atoms with E-state index >= 15 is 0 Å². The number of thiazole rings is 1. The molecule has 21 heavy (non-hydrogen) atoms. The van der Waals surface area contributed by atoms with E-state index in [0.717, 1.165) is 10.0 Å². The summed E-state index contributed by atoms with van der Waals surface area (Å²) < 4.78 is 15.4. The van der Waals surface area contributed by atoms with Gasteiger partial charge in [-0.15, -0.1) is 11.3 Å². The van der Waals surface area contributed by atoms with Crippen LogP contribution in [0.15, 0.2) is 0 Å². The fourth-order valence-electron chi connectivity index (χ4n) is 1.92. The molecule has 0 bridgehead atoms. The molecule has 0 radical (unpaired) electrons. The van der Waals surface area contributed by atoms with E-state index in [4.69, 9.17) is 14.2 Å². The topological polar surface area (TPSA) is 60.9 Å². The van der Waals surface area contributed by atoms with Crippen LogP contribution in [0, 0.1) is 6.92 Å². The summed E-state index contributed by atoms with van der Waals surface area (Å²) in [6.45, 7) is 7.92. The number of aromatic nitrogens is 1. The van der Waals surface area contributed by atoms with Crippen molar-refractivity contribution in [3.63, 3.8) is 0 Å². The molecule has 0 aliphatic heterocycles. The Morgan fingerprint density at radius 1 is 1.38 bits per heavy atom. The van der Waals surface area contributed by atoms with Crippen LogP contribution in [0.3, 0.4) is 0 Å². The molecular weight excluding hydrogens is 292 g/mol. The first-order valence-corrected chi connectivity index (χ1v) is 7.75. The Bertz CT molecular complexity index is 450. The molecule has 7 heteroatoms. The van der Waals surface area contributed by atoms with E-state index in [-0.39, 0.29) is 12.0 Å². The van der Waals surface area contributed by atoms with E-state index in [1.54, 1.807) is 21.1 Å². The average Bonchev–Trinajstić information content (AvgIpc) is 2.82. The SMILES string of the molecule is CCOC(=O)c1nc(N(CCOC)C(C)COC)sc1C. The first kappa shape index (κ1) is 17.9. The number of esters is 1. The molecule has 1 atom stereocenters. The lowest BCUT2D eigenvalue weighted by Crippen LogP contribution is -2.38. The molecular formula is C14H24N2O4S. The van der Waals surface area contributed by atoms with Crippen molar-refractivity contribution < 1.29 is 19.0 Å². The molecule has 0 fully saturated rings. The second kappa shape index (κ2) is 8.96. The van der Waals surface area contributed by atoms with Gasteiger partial charge in [-0.1, -0.05) is 0 Å². The van der Waals surface area contributed by atoms with E-state index in [1.807, 2.05) is 6.92 Å². The Hall–Kier alpha value is -1.18. The zero-order valence-electron chi connectivity index (χ0n) is 13.3. The molecule has 0 spiro atoms. The van der Waals surface area contributed by atoms with E-state index < -0.39 is 0 Å². The van der Waals surface area contributed by atoms with Gasteiger partial charge in [0.1, 0.15) is 0 Å². The van der Waals surface area contributed by atoms with Crippen molar-refractivity contribution in [2.24, 2.45) is 0 Å². The predicted molar refractivity (Wildman–Crippen MR) is 83.4 cm³/mol. The minimum Gasteiger partial charge on any atom is -0.461 e. The van der Waals surface area contributed by atoms with Crippen LogP contribution in [0.25, 0.3) is 0 Å².